The topological polar surface area (TPSA) is 32.7 Å². The van der Waals surface area contributed by atoms with Gasteiger partial charge in [-0.1, -0.05) is 12.1 Å². The van der Waals surface area contributed by atoms with Crippen LogP contribution in [0, 0.1) is 20.8 Å². The second-order valence-corrected chi connectivity index (χ2v) is 7.16. The molecule has 1 fully saturated rings. The molecule has 0 aromatic heterocycles. The Morgan fingerprint density at radius 3 is 2.45 bits per heavy atom. The Kier molecular flexibility index (Phi) is 4.39. The maximum absolute atomic E-state index is 12.2. The Morgan fingerprint density at radius 1 is 1.05 bits per heavy atom. The van der Waals surface area contributed by atoms with Gasteiger partial charge in [-0.2, -0.15) is 4.99 Å². The normalized spacial score (nSPS) is 20.7. The molecule has 0 saturated carbocycles. The van der Waals surface area contributed by atoms with Crippen molar-refractivity contribution in [3.05, 3.63) is 39.3 Å². The van der Waals surface area contributed by atoms with E-state index in [1.807, 2.05) is 6.08 Å². The van der Waals surface area contributed by atoms with E-state index in [1.165, 1.54) is 47.7 Å². The van der Waals surface area contributed by atoms with Crippen LogP contribution in [0.25, 0.3) is 6.08 Å². The van der Waals surface area contributed by atoms with Crippen molar-refractivity contribution >= 4 is 28.9 Å². The maximum Gasteiger partial charge on any atom is 0.286 e. The van der Waals surface area contributed by atoms with Gasteiger partial charge in [0.25, 0.3) is 5.91 Å². The monoisotopic (exact) mass is 314 g/mol. The molecule has 0 unspecified atom stereocenters. The lowest BCUT2D eigenvalue weighted by molar-refractivity contribution is -0.113. The first-order chi connectivity index (χ1) is 10.5. The summed E-state index contributed by atoms with van der Waals surface area (Å²) >= 11 is 1.53. The summed E-state index contributed by atoms with van der Waals surface area (Å²) < 4.78 is 0. The predicted octanol–water partition coefficient (Wildman–Crippen LogP) is 4.07. The van der Waals surface area contributed by atoms with E-state index in [0.717, 1.165) is 28.7 Å². The van der Waals surface area contributed by atoms with Crippen LogP contribution in [-0.4, -0.2) is 29.1 Å². The Labute approximate surface area is 136 Å². The lowest BCUT2D eigenvalue weighted by Gasteiger charge is -2.27. The van der Waals surface area contributed by atoms with Crippen LogP contribution in [-0.2, 0) is 4.79 Å². The molecule has 1 aromatic carbocycles. The van der Waals surface area contributed by atoms with Gasteiger partial charge in [0, 0.05) is 13.1 Å². The number of rotatable bonds is 1. The summed E-state index contributed by atoms with van der Waals surface area (Å²) in [5, 5.41) is 0.887. The second-order valence-electron chi connectivity index (χ2n) is 6.15. The van der Waals surface area contributed by atoms with Crippen molar-refractivity contribution in [1.82, 2.24) is 4.90 Å². The third kappa shape index (κ3) is 3.12. The number of nitrogens with zero attached hydrogens (tertiary/aromatic N) is 2. The summed E-state index contributed by atoms with van der Waals surface area (Å²) in [6.07, 6.45) is 5.67. The van der Waals surface area contributed by atoms with Crippen molar-refractivity contribution in [1.29, 1.82) is 0 Å². The van der Waals surface area contributed by atoms with Crippen LogP contribution >= 0.6 is 11.8 Å². The zero-order valence-corrected chi connectivity index (χ0v) is 14.3. The molecule has 3 nitrogen and oxygen atoms in total. The van der Waals surface area contributed by atoms with Gasteiger partial charge in [-0.25, -0.2) is 0 Å². The second kappa shape index (κ2) is 6.29. The van der Waals surface area contributed by atoms with Gasteiger partial charge in [0.2, 0.25) is 0 Å². The van der Waals surface area contributed by atoms with Crippen LogP contribution in [0.3, 0.4) is 0 Å². The number of piperidine rings is 1. The zero-order valence-electron chi connectivity index (χ0n) is 13.5. The summed E-state index contributed by atoms with van der Waals surface area (Å²) in [5.74, 6) is -0.0943. The summed E-state index contributed by atoms with van der Waals surface area (Å²) in [4.78, 5) is 19.4. The molecule has 0 bridgehead atoms. The van der Waals surface area contributed by atoms with E-state index in [-0.39, 0.29) is 5.91 Å². The number of amidine groups is 1. The standard InChI is InChI=1S/C18H22N2OS/c1-12-9-14(3)15(10-13(12)2)11-16-17(21)19-18(22-16)20-7-5-4-6-8-20/h9-11H,4-8H2,1-3H3/b16-11+. The number of aliphatic imine (C=N–C) groups is 1. The summed E-state index contributed by atoms with van der Waals surface area (Å²) in [7, 11) is 0. The number of amides is 1. The summed E-state index contributed by atoms with van der Waals surface area (Å²) in [6, 6.07) is 4.34. The average Bonchev–Trinajstić information content (AvgIpc) is 2.87. The van der Waals surface area contributed by atoms with E-state index in [1.54, 1.807) is 0 Å². The summed E-state index contributed by atoms with van der Waals surface area (Å²) in [6.45, 7) is 8.36. The minimum atomic E-state index is -0.0943. The molecule has 3 rings (SSSR count). The highest BCUT2D eigenvalue weighted by Crippen LogP contribution is 2.32. The fraction of sp³-hybridized carbons (Fsp3) is 0.444. The Morgan fingerprint density at radius 2 is 1.73 bits per heavy atom. The van der Waals surface area contributed by atoms with Crippen molar-refractivity contribution in [2.75, 3.05) is 13.1 Å². The maximum atomic E-state index is 12.2. The van der Waals surface area contributed by atoms with E-state index < -0.39 is 0 Å². The van der Waals surface area contributed by atoms with Crippen molar-refractivity contribution in [3.63, 3.8) is 0 Å². The molecule has 4 heteroatoms. The van der Waals surface area contributed by atoms with E-state index in [9.17, 15) is 4.79 Å². The fourth-order valence-corrected chi connectivity index (χ4v) is 3.85. The minimum absolute atomic E-state index is 0.0943. The first-order valence-electron chi connectivity index (χ1n) is 7.90. The number of hydrogen-bond donors (Lipinski definition) is 0. The van der Waals surface area contributed by atoms with Gasteiger partial charge in [-0.15, -0.1) is 0 Å². The highest BCUT2D eigenvalue weighted by atomic mass is 32.2. The summed E-state index contributed by atoms with van der Waals surface area (Å²) in [5.41, 5.74) is 4.87. The van der Waals surface area contributed by atoms with Crippen LogP contribution < -0.4 is 0 Å². The van der Waals surface area contributed by atoms with Gasteiger partial charge >= 0.3 is 0 Å². The number of carbonyl (C=O) groups is 1. The first-order valence-corrected chi connectivity index (χ1v) is 8.71. The van der Waals surface area contributed by atoms with E-state index in [0.29, 0.717) is 0 Å². The molecule has 116 valence electrons. The van der Waals surface area contributed by atoms with Gasteiger partial charge < -0.3 is 4.90 Å². The molecule has 1 saturated heterocycles. The number of hydrogen-bond acceptors (Lipinski definition) is 3. The van der Waals surface area contributed by atoms with Gasteiger partial charge in [0.15, 0.2) is 5.17 Å². The third-order valence-electron chi connectivity index (χ3n) is 4.40. The number of aryl methyl sites for hydroxylation is 3. The molecule has 0 spiro atoms. The molecule has 0 aliphatic carbocycles. The molecule has 2 aliphatic rings. The van der Waals surface area contributed by atoms with Gasteiger partial charge in [0.1, 0.15) is 0 Å². The predicted molar refractivity (Wildman–Crippen MR) is 94.1 cm³/mol. The van der Waals surface area contributed by atoms with Crippen LogP contribution in [0.1, 0.15) is 41.5 Å². The van der Waals surface area contributed by atoms with Crippen molar-refractivity contribution < 1.29 is 4.79 Å². The highest BCUT2D eigenvalue weighted by molar-refractivity contribution is 8.18. The molecule has 2 aliphatic heterocycles. The van der Waals surface area contributed by atoms with E-state index in [4.69, 9.17) is 0 Å². The van der Waals surface area contributed by atoms with Crippen molar-refractivity contribution in [2.24, 2.45) is 4.99 Å². The molecule has 0 atom stereocenters. The van der Waals surface area contributed by atoms with Gasteiger partial charge in [0.05, 0.1) is 4.91 Å². The Hall–Kier alpha value is -1.55. The third-order valence-corrected chi connectivity index (χ3v) is 5.45. The molecule has 1 amide bonds. The fourth-order valence-electron chi connectivity index (χ4n) is 2.90. The highest BCUT2D eigenvalue weighted by Gasteiger charge is 2.27. The number of likely N-dealkylation sites (tertiary alicyclic amines) is 1. The quantitative estimate of drug-likeness (QED) is 0.733. The van der Waals surface area contributed by atoms with Crippen LogP contribution in [0.5, 0.6) is 0 Å². The lowest BCUT2D eigenvalue weighted by atomic mass is 10.0. The van der Waals surface area contributed by atoms with Crippen LogP contribution in [0.4, 0.5) is 0 Å². The lowest BCUT2D eigenvalue weighted by Crippen LogP contribution is -2.33. The van der Waals surface area contributed by atoms with Crippen LogP contribution in [0.15, 0.2) is 22.0 Å². The molecular weight excluding hydrogens is 292 g/mol. The van der Waals surface area contributed by atoms with E-state index in [2.05, 4.69) is 42.8 Å². The smallest absolute Gasteiger partial charge is 0.286 e. The van der Waals surface area contributed by atoms with Gasteiger partial charge in [-0.3, -0.25) is 4.79 Å². The Balaban J connectivity index is 1.82. The Bertz CT molecular complexity index is 670. The van der Waals surface area contributed by atoms with E-state index >= 15 is 0 Å². The number of carbonyl (C=O) groups excluding carboxylic acids is 1. The SMILES string of the molecule is Cc1cc(C)c(/C=C2/SC(N3CCCCC3)=NC2=O)cc1C. The molecule has 0 N–H and O–H groups in total. The minimum Gasteiger partial charge on any atom is -0.351 e. The number of benzene rings is 1. The molecule has 22 heavy (non-hydrogen) atoms. The molecule has 0 radical (unpaired) electrons. The zero-order chi connectivity index (χ0) is 15.7. The van der Waals surface area contributed by atoms with Gasteiger partial charge in [-0.05, 0) is 80.1 Å². The largest absolute Gasteiger partial charge is 0.351 e. The van der Waals surface area contributed by atoms with Crippen LogP contribution in [0.2, 0.25) is 0 Å². The average molecular weight is 314 g/mol. The van der Waals surface area contributed by atoms with Crippen molar-refractivity contribution in [3.8, 4) is 0 Å². The first kappa shape index (κ1) is 15.3. The molecular formula is C18H22N2OS. The molecule has 1 aromatic rings. The number of thioether (sulfide) groups is 1. The molecule has 2 heterocycles. The van der Waals surface area contributed by atoms with Crippen molar-refractivity contribution in [2.45, 2.75) is 40.0 Å².